The van der Waals surface area contributed by atoms with E-state index < -0.39 is 15.9 Å². The van der Waals surface area contributed by atoms with Gasteiger partial charge >= 0.3 is 0 Å². The van der Waals surface area contributed by atoms with Crippen LogP contribution in [0.4, 0.5) is 0 Å². The van der Waals surface area contributed by atoms with Gasteiger partial charge in [-0.1, -0.05) is 15.9 Å². The van der Waals surface area contributed by atoms with Gasteiger partial charge in [0.2, 0.25) is 5.91 Å². The molecule has 1 aromatic carbocycles. The first-order valence-corrected chi connectivity index (χ1v) is 7.13. The summed E-state index contributed by atoms with van der Waals surface area (Å²) in [6.45, 7) is 1.21. The van der Waals surface area contributed by atoms with E-state index in [0.717, 1.165) is 0 Å². The molecule has 0 unspecified atom stereocenters. The molecule has 0 heterocycles. The average Bonchev–Trinajstić information content (AvgIpc) is 2.19. The number of benzene rings is 1. The highest BCUT2D eigenvalue weighted by Gasteiger charge is 2.17. The number of rotatable bonds is 3. The summed E-state index contributed by atoms with van der Waals surface area (Å²) < 4.78 is 24.5. The molecule has 0 aromatic heterocycles. The first-order chi connectivity index (χ1) is 7.33. The number of nitrogens with one attached hydrogen (secondary N) is 2. The zero-order valence-electron chi connectivity index (χ0n) is 8.12. The van der Waals surface area contributed by atoms with E-state index in [0.29, 0.717) is 8.95 Å². The molecule has 0 aliphatic heterocycles. The monoisotopic (exact) mass is 370 g/mol. The van der Waals surface area contributed by atoms with Gasteiger partial charge in [-0.2, -0.15) is 0 Å². The highest BCUT2D eigenvalue weighted by atomic mass is 79.9. The first kappa shape index (κ1) is 13.6. The van der Waals surface area contributed by atoms with Crippen molar-refractivity contribution in [3.63, 3.8) is 0 Å². The van der Waals surface area contributed by atoms with Crippen LogP contribution in [0, 0.1) is 0 Å². The summed E-state index contributed by atoms with van der Waals surface area (Å²) in [7, 11) is -3.77. The van der Waals surface area contributed by atoms with Gasteiger partial charge in [0, 0.05) is 15.9 Å². The number of hydrazine groups is 1. The van der Waals surface area contributed by atoms with Gasteiger partial charge in [0.15, 0.2) is 0 Å². The number of carbonyl (C=O) groups is 1. The summed E-state index contributed by atoms with van der Waals surface area (Å²) in [6, 6.07) is 4.71. The number of carbonyl (C=O) groups excluding carboxylic acids is 1. The standard InChI is InChI=1S/C8H8Br2N2O3S/c1-5(13)11-12-16(14,15)8-4-6(9)2-3-7(8)10/h2-4,12H,1H3,(H,11,13). The lowest BCUT2D eigenvalue weighted by atomic mass is 10.4. The van der Waals surface area contributed by atoms with Crippen molar-refractivity contribution in [1.29, 1.82) is 0 Å². The van der Waals surface area contributed by atoms with Crippen molar-refractivity contribution in [3.8, 4) is 0 Å². The van der Waals surface area contributed by atoms with Crippen molar-refractivity contribution in [2.45, 2.75) is 11.8 Å². The molecule has 0 aliphatic carbocycles. The summed E-state index contributed by atoms with van der Waals surface area (Å²) in [6.07, 6.45) is 0. The van der Waals surface area contributed by atoms with E-state index in [1.54, 1.807) is 12.1 Å². The quantitative estimate of drug-likeness (QED) is 0.791. The van der Waals surface area contributed by atoms with Crippen LogP contribution in [0.1, 0.15) is 6.92 Å². The molecule has 8 heteroatoms. The molecule has 16 heavy (non-hydrogen) atoms. The van der Waals surface area contributed by atoms with E-state index in [2.05, 4.69) is 31.9 Å². The zero-order chi connectivity index (χ0) is 12.3. The van der Waals surface area contributed by atoms with Crippen LogP contribution in [-0.4, -0.2) is 14.3 Å². The summed E-state index contributed by atoms with van der Waals surface area (Å²) >= 11 is 6.29. The summed E-state index contributed by atoms with van der Waals surface area (Å²) in [5.74, 6) is -0.491. The molecule has 1 amide bonds. The highest BCUT2D eigenvalue weighted by Crippen LogP contribution is 2.25. The SMILES string of the molecule is CC(=O)NNS(=O)(=O)c1cc(Br)ccc1Br. The lowest BCUT2D eigenvalue weighted by Gasteiger charge is -2.08. The van der Waals surface area contributed by atoms with Gasteiger partial charge in [0.05, 0.1) is 4.90 Å². The second-order valence-electron chi connectivity index (χ2n) is 2.86. The second kappa shape index (κ2) is 5.26. The van der Waals surface area contributed by atoms with Gasteiger partial charge in [0.1, 0.15) is 0 Å². The lowest BCUT2D eigenvalue weighted by molar-refractivity contribution is -0.119. The van der Waals surface area contributed by atoms with Crippen LogP contribution in [-0.2, 0) is 14.8 Å². The van der Waals surface area contributed by atoms with E-state index in [1.165, 1.54) is 13.0 Å². The number of halogens is 2. The fourth-order valence-corrected chi connectivity index (χ4v) is 3.27. The fourth-order valence-electron chi connectivity index (χ4n) is 0.877. The predicted molar refractivity (Wildman–Crippen MR) is 66.0 cm³/mol. The van der Waals surface area contributed by atoms with Crippen LogP contribution in [0.3, 0.4) is 0 Å². The Morgan fingerprint density at radius 1 is 1.31 bits per heavy atom. The Morgan fingerprint density at radius 2 is 1.94 bits per heavy atom. The zero-order valence-corrected chi connectivity index (χ0v) is 12.1. The van der Waals surface area contributed by atoms with Crippen LogP contribution < -0.4 is 10.3 Å². The number of hydrogen-bond donors (Lipinski definition) is 2. The molecule has 0 fully saturated rings. The molecular weight excluding hydrogens is 364 g/mol. The van der Waals surface area contributed by atoms with Crippen LogP contribution in [0.25, 0.3) is 0 Å². The van der Waals surface area contributed by atoms with Gasteiger partial charge in [0.25, 0.3) is 10.0 Å². The van der Waals surface area contributed by atoms with Gasteiger partial charge in [-0.25, -0.2) is 8.42 Å². The van der Waals surface area contributed by atoms with Crippen LogP contribution >= 0.6 is 31.9 Å². The van der Waals surface area contributed by atoms with E-state index in [4.69, 9.17) is 0 Å². The maximum Gasteiger partial charge on any atom is 0.258 e. The molecule has 0 bridgehead atoms. The predicted octanol–water partition coefficient (Wildman–Crippen LogP) is 1.54. The third-order valence-electron chi connectivity index (χ3n) is 1.54. The molecule has 0 saturated carbocycles. The van der Waals surface area contributed by atoms with Gasteiger partial charge in [-0.3, -0.25) is 10.2 Å². The van der Waals surface area contributed by atoms with Gasteiger partial charge in [-0.05, 0) is 34.1 Å². The van der Waals surface area contributed by atoms with Crippen molar-refractivity contribution in [2.75, 3.05) is 0 Å². The largest absolute Gasteiger partial charge is 0.278 e. The van der Waals surface area contributed by atoms with Crippen LogP contribution in [0.2, 0.25) is 0 Å². The molecule has 0 atom stereocenters. The highest BCUT2D eigenvalue weighted by molar-refractivity contribution is 9.11. The maximum atomic E-state index is 11.7. The normalized spacial score (nSPS) is 11.2. The van der Waals surface area contributed by atoms with E-state index in [1.807, 2.05) is 10.3 Å². The topological polar surface area (TPSA) is 75.3 Å². The van der Waals surface area contributed by atoms with Crippen molar-refractivity contribution in [2.24, 2.45) is 0 Å². The molecule has 2 N–H and O–H groups in total. The molecule has 0 spiro atoms. The van der Waals surface area contributed by atoms with Crippen molar-refractivity contribution in [3.05, 3.63) is 27.1 Å². The smallest absolute Gasteiger partial charge is 0.258 e. The Hall–Kier alpha value is -0.440. The minimum Gasteiger partial charge on any atom is -0.278 e. The Morgan fingerprint density at radius 3 is 2.50 bits per heavy atom. The van der Waals surface area contributed by atoms with Crippen molar-refractivity contribution in [1.82, 2.24) is 10.3 Å². The fraction of sp³-hybridized carbons (Fsp3) is 0.125. The minimum absolute atomic E-state index is 0.0376. The molecule has 0 aliphatic rings. The molecule has 1 aromatic rings. The molecule has 1 rings (SSSR count). The Bertz CT molecular complexity index is 516. The van der Waals surface area contributed by atoms with E-state index in [9.17, 15) is 13.2 Å². The third kappa shape index (κ3) is 3.55. The Labute approximate surface area is 110 Å². The van der Waals surface area contributed by atoms with Crippen molar-refractivity contribution >= 4 is 47.8 Å². The molecule has 88 valence electrons. The minimum atomic E-state index is -3.77. The van der Waals surface area contributed by atoms with Crippen LogP contribution in [0.5, 0.6) is 0 Å². The van der Waals surface area contributed by atoms with Gasteiger partial charge in [-0.15, -0.1) is 4.83 Å². The first-order valence-electron chi connectivity index (χ1n) is 4.06. The average molecular weight is 372 g/mol. The molecule has 5 nitrogen and oxygen atoms in total. The van der Waals surface area contributed by atoms with Crippen molar-refractivity contribution < 1.29 is 13.2 Å². The summed E-state index contributed by atoms with van der Waals surface area (Å²) in [5, 5.41) is 0. The summed E-state index contributed by atoms with van der Waals surface area (Å²) in [4.78, 5) is 12.6. The van der Waals surface area contributed by atoms with E-state index in [-0.39, 0.29) is 4.90 Å². The number of hydrogen-bond acceptors (Lipinski definition) is 3. The number of sulfonamides is 1. The maximum absolute atomic E-state index is 11.7. The third-order valence-corrected chi connectivity index (χ3v) is 4.28. The Kier molecular flexibility index (Phi) is 4.48. The molecule has 0 radical (unpaired) electrons. The molecule has 0 saturated heterocycles. The van der Waals surface area contributed by atoms with Crippen LogP contribution in [0.15, 0.2) is 32.0 Å². The van der Waals surface area contributed by atoms with Gasteiger partial charge < -0.3 is 0 Å². The molecular formula is C8H8Br2N2O3S. The summed E-state index contributed by atoms with van der Waals surface area (Å²) in [5.41, 5.74) is 2.02. The van der Waals surface area contributed by atoms with E-state index >= 15 is 0 Å². The lowest BCUT2D eigenvalue weighted by Crippen LogP contribution is -2.40. The number of amides is 1. The second-order valence-corrected chi connectivity index (χ2v) is 6.28. The Balaban J connectivity index is 3.07.